The maximum atomic E-state index is 12.8. The van der Waals surface area contributed by atoms with Crippen LogP contribution in [-0.4, -0.2) is 27.4 Å². The summed E-state index contributed by atoms with van der Waals surface area (Å²) in [4.78, 5) is 24.9. The van der Waals surface area contributed by atoms with E-state index in [2.05, 4.69) is 20.8 Å². The number of benzene rings is 1. The highest BCUT2D eigenvalue weighted by atomic mass is 32.2. The molecule has 0 aromatic heterocycles. The molecule has 1 N–H and O–H groups in total. The van der Waals surface area contributed by atoms with Crippen LogP contribution < -0.4 is 4.74 Å². The number of unbranched alkanes of at least 4 members (excludes halogenated alkanes) is 1. The summed E-state index contributed by atoms with van der Waals surface area (Å²) in [5.41, 5.74) is 0.364. The third kappa shape index (κ3) is 3.83. The molecule has 1 aliphatic heterocycles. The molecule has 2 aliphatic rings. The first-order valence-corrected chi connectivity index (χ1v) is 11.3. The quantitative estimate of drug-likeness (QED) is 0.670. The van der Waals surface area contributed by atoms with Crippen molar-refractivity contribution >= 4 is 22.7 Å². The Morgan fingerprint density at radius 1 is 1.36 bits per heavy atom. The van der Waals surface area contributed by atoms with Gasteiger partial charge in [-0.3, -0.25) is 9.59 Å². The van der Waals surface area contributed by atoms with Gasteiger partial charge in [0.25, 0.3) is 0 Å². The summed E-state index contributed by atoms with van der Waals surface area (Å²) in [6, 6.07) is 3.61. The van der Waals surface area contributed by atoms with Crippen molar-refractivity contribution in [3.05, 3.63) is 23.3 Å². The second-order valence-electron chi connectivity index (χ2n) is 9.22. The lowest BCUT2D eigenvalue weighted by atomic mass is 9.66. The fourth-order valence-corrected chi connectivity index (χ4v) is 5.64. The number of hydrogen-bond acceptors (Lipinski definition) is 5. The Bertz CT molecular complexity index is 781. The van der Waals surface area contributed by atoms with E-state index in [0.717, 1.165) is 36.1 Å². The smallest absolute Gasteiger partial charge is 0.198 e. The molecule has 1 fully saturated rings. The predicted octanol–water partition coefficient (Wildman–Crippen LogP) is 5.35. The molecule has 1 aromatic carbocycles. The van der Waals surface area contributed by atoms with Gasteiger partial charge in [-0.15, -0.1) is 0 Å². The van der Waals surface area contributed by atoms with Crippen molar-refractivity contribution in [1.82, 2.24) is 0 Å². The highest BCUT2D eigenvalue weighted by molar-refractivity contribution is 8.13. The number of ketones is 1. The Hall–Kier alpha value is -1.49. The fourth-order valence-electron chi connectivity index (χ4n) is 4.54. The molecule has 0 unspecified atom stereocenters. The predicted molar refractivity (Wildman–Crippen MR) is 113 cm³/mol. The minimum absolute atomic E-state index is 0.0215. The lowest BCUT2D eigenvalue weighted by molar-refractivity contribution is -0.124. The molecule has 1 heterocycles. The van der Waals surface area contributed by atoms with Gasteiger partial charge in [-0.2, -0.15) is 0 Å². The number of phenols is 1. The molecule has 154 valence electrons. The molecule has 5 heteroatoms. The molecule has 2 atom stereocenters. The fraction of sp³-hybridized carbons (Fsp3) is 0.652. The van der Waals surface area contributed by atoms with Gasteiger partial charge >= 0.3 is 0 Å². The molecular formula is C23H32O4S. The highest BCUT2D eigenvalue weighted by Crippen LogP contribution is 2.54. The Kier molecular flexibility index (Phi) is 5.86. The van der Waals surface area contributed by atoms with Crippen molar-refractivity contribution in [1.29, 1.82) is 0 Å². The zero-order chi connectivity index (χ0) is 20.7. The lowest BCUT2D eigenvalue weighted by Gasteiger charge is -2.47. The first-order chi connectivity index (χ1) is 13.1. The van der Waals surface area contributed by atoms with Crippen molar-refractivity contribution in [2.75, 3.05) is 5.75 Å². The van der Waals surface area contributed by atoms with Crippen LogP contribution in [0.25, 0.3) is 0 Å². The largest absolute Gasteiger partial charge is 0.508 e. The van der Waals surface area contributed by atoms with E-state index in [9.17, 15) is 14.7 Å². The van der Waals surface area contributed by atoms with Crippen LogP contribution in [0.3, 0.4) is 0 Å². The van der Waals surface area contributed by atoms with Crippen LogP contribution in [0.5, 0.6) is 11.5 Å². The van der Waals surface area contributed by atoms with E-state index in [1.165, 1.54) is 11.8 Å². The standard InChI is InChI=1S/C23H32O4S/c1-6-7-10-28-21(26)22(2,3)14-11-18(25)20-16-13-15(24)8-9-17(16)23(4,5)27-19(20)12-14/h11-12,16-17,25H,6-10,13H2,1-5H3/t16-,17-/m1/s1. The van der Waals surface area contributed by atoms with E-state index in [4.69, 9.17) is 4.74 Å². The van der Waals surface area contributed by atoms with E-state index >= 15 is 0 Å². The van der Waals surface area contributed by atoms with Gasteiger partial charge in [0.05, 0.1) is 5.41 Å². The second kappa shape index (κ2) is 7.74. The van der Waals surface area contributed by atoms with Crippen LogP contribution in [0.1, 0.15) is 83.8 Å². The molecule has 0 bridgehead atoms. The third-order valence-electron chi connectivity index (χ3n) is 6.39. The number of Topliss-reactive ketones (excluding diaryl/α,β-unsaturated/α-hetero) is 1. The van der Waals surface area contributed by atoms with Crippen molar-refractivity contribution in [3.63, 3.8) is 0 Å². The van der Waals surface area contributed by atoms with Crippen LogP contribution in [0.4, 0.5) is 0 Å². The summed E-state index contributed by atoms with van der Waals surface area (Å²) < 4.78 is 6.33. The van der Waals surface area contributed by atoms with Gasteiger partial charge in [-0.1, -0.05) is 25.1 Å². The summed E-state index contributed by atoms with van der Waals surface area (Å²) in [7, 11) is 0. The number of fused-ring (bicyclic) bond motifs is 3. The molecular weight excluding hydrogens is 372 g/mol. The molecule has 4 nitrogen and oxygen atoms in total. The van der Waals surface area contributed by atoms with Crippen molar-refractivity contribution in [2.45, 2.75) is 83.7 Å². The van der Waals surface area contributed by atoms with Gasteiger partial charge in [0.2, 0.25) is 0 Å². The van der Waals surface area contributed by atoms with Crippen LogP contribution in [0.15, 0.2) is 12.1 Å². The number of aromatic hydroxyl groups is 1. The second-order valence-corrected chi connectivity index (χ2v) is 10.3. The van der Waals surface area contributed by atoms with Crippen molar-refractivity contribution in [2.24, 2.45) is 5.92 Å². The number of phenolic OH excluding ortho intramolecular Hbond substituents is 1. The Morgan fingerprint density at radius 2 is 2.07 bits per heavy atom. The van der Waals surface area contributed by atoms with E-state index in [-0.39, 0.29) is 28.5 Å². The lowest BCUT2D eigenvalue weighted by Crippen LogP contribution is -2.47. The SMILES string of the molecule is CCCCSC(=O)C(C)(C)c1cc(O)c2c(c1)OC(C)(C)[C@@H]1CCC(=O)C[C@@H]21. The number of ether oxygens (including phenoxy) is 1. The summed E-state index contributed by atoms with van der Waals surface area (Å²) in [6.45, 7) is 10.0. The van der Waals surface area contributed by atoms with Gasteiger partial charge in [-0.05, 0) is 58.2 Å². The summed E-state index contributed by atoms with van der Waals surface area (Å²) in [6.07, 6.45) is 3.89. The summed E-state index contributed by atoms with van der Waals surface area (Å²) >= 11 is 1.36. The Balaban J connectivity index is 1.98. The number of thioether (sulfide) groups is 1. The van der Waals surface area contributed by atoms with Crippen LogP contribution in [0.2, 0.25) is 0 Å². The van der Waals surface area contributed by atoms with E-state index in [1.807, 2.05) is 19.9 Å². The van der Waals surface area contributed by atoms with Crippen LogP contribution in [0, 0.1) is 5.92 Å². The highest BCUT2D eigenvalue weighted by Gasteiger charge is 2.48. The molecule has 0 spiro atoms. The zero-order valence-corrected chi connectivity index (χ0v) is 18.4. The molecule has 28 heavy (non-hydrogen) atoms. The van der Waals surface area contributed by atoms with E-state index in [1.54, 1.807) is 6.07 Å². The minimum Gasteiger partial charge on any atom is -0.508 e. The van der Waals surface area contributed by atoms with Crippen LogP contribution in [-0.2, 0) is 15.0 Å². The maximum absolute atomic E-state index is 12.8. The average Bonchev–Trinajstić information content (AvgIpc) is 2.60. The van der Waals surface area contributed by atoms with Gasteiger partial charge < -0.3 is 9.84 Å². The number of rotatable bonds is 5. The molecule has 3 rings (SSSR count). The molecule has 1 aromatic rings. The third-order valence-corrected chi connectivity index (χ3v) is 7.65. The molecule has 1 saturated carbocycles. The van der Waals surface area contributed by atoms with Gasteiger partial charge in [0.15, 0.2) is 5.12 Å². The topological polar surface area (TPSA) is 63.6 Å². The molecule has 0 amide bonds. The summed E-state index contributed by atoms with van der Waals surface area (Å²) in [5.74, 6) is 2.00. The van der Waals surface area contributed by atoms with Gasteiger partial charge in [0.1, 0.15) is 22.9 Å². The van der Waals surface area contributed by atoms with Gasteiger partial charge in [0, 0.05) is 36.0 Å². The zero-order valence-electron chi connectivity index (χ0n) is 17.6. The van der Waals surface area contributed by atoms with Crippen LogP contribution >= 0.6 is 11.8 Å². The molecule has 1 aliphatic carbocycles. The molecule has 0 radical (unpaired) electrons. The van der Waals surface area contributed by atoms with Crippen molar-refractivity contribution in [3.8, 4) is 11.5 Å². The monoisotopic (exact) mass is 404 g/mol. The van der Waals surface area contributed by atoms with Crippen molar-refractivity contribution < 1.29 is 19.4 Å². The average molecular weight is 405 g/mol. The summed E-state index contributed by atoms with van der Waals surface area (Å²) in [5, 5.41) is 11.0. The van der Waals surface area contributed by atoms with E-state index in [0.29, 0.717) is 18.6 Å². The van der Waals surface area contributed by atoms with E-state index < -0.39 is 11.0 Å². The number of carbonyl (C=O) groups is 2. The Morgan fingerprint density at radius 3 is 2.75 bits per heavy atom. The molecule has 0 saturated heterocycles. The number of hydrogen-bond donors (Lipinski definition) is 1. The maximum Gasteiger partial charge on any atom is 0.198 e. The van der Waals surface area contributed by atoms with Gasteiger partial charge in [-0.25, -0.2) is 0 Å². The number of carbonyl (C=O) groups excluding carboxylic acids is 2. The first-order valence-electron chi connectivity index (χ1n) is 10.3. The normalized spacial score (nSPS) is 23.5. The first kappa shape index (κ1) is 21.2. The Labute approximate surface area is 172 Å². The minimum atomic E-state index is -0.725.